The van der Waals surface area contributed by atoms with Gasteiger partial charge in [0.1, 0.15) is 0 Å². The summed E-state index contributed by atoms with van der Waals surface area (Å²) in [6.45, 7) is 12.3. The molecule has 21 heavy (non-hydrogen) atoms. The Balaban J connectivity index is 2.79. The lowest BCUT2D eigenvalue weighted by Gasteiger charge is -2.22. The highest BCUT2D eigenvalue weighted by Gasteiger charge is 2.16. The summed E-state index contributed by atoms with van der Waals surface area (Å²) in [4.78, 5) is 4.28. The number of nitrogens with two attached hydrogens (primary N) is 1. The molecule has 0 aliphatic heterocycles. The van der Waals surface area contributed by atoms with Crippen LogP contribution in [0.25, 0.3) is 0 Å². The van der Waals surface area contributed by atoms with E-state index < -0.39 is 0 Å². The maximum Gasteiger partial charge on any atom is 0.154 e. The van der Waals surface area contributed by atoms with Gasteiger partial charge in [0.05, 0.1) is 13.2 Å². The smallest absolute Gasteiger partial charge is 0.154 e. The van der Waals surface area contributed by atoms with Gasteiger partial charge in [-0.1, -0.05) is 44.7 Å². The van der Waals surface area contributed by atoms with Crippen molar-refractivity contribution in [2.45, 2.75) is 45.8 Å². The minimum Gasteiger partial charge on any atom is -0.383 e. The van der Waals surface area contributed by atoms with Crippen molar-refractivity contribution in [3.05, 3.63) is 34.4 Å². The zero-order chi connectivity index (χ0) is 16.0. The van der Waals surface area contributed by atoms with E-state index in [4.69, 9.17) is 10.5 Å². The maximum atomic E-state index is 5.92. The number of methoxy groups -OCH3 is 1. The molecule has 0 aromatic heterocycles. The van der Waals surface area contributed by atoms with Crippen LogP contribution in [0.5, 0.6) is 0 Å². The fourth-order valence-electron chi connectivity index (χ4n) is 2.09. The van der Waals surface area contributed by atoms with Crippen LogP contribution < -0.4 is 5.73 Å². The van der Waals surface area contributed by atoms with Crippen LogP contribution in [0.3, 0.4) is 0 Å². The number of ether oxygens (including phenoxy) is 1. The van der Waals surface area contributed by atoms with Gasteiger partial charge in [-0.3, -0.25) is 4.99 Å². The van der Waals surface area contributed by atoms with Gasteiger partial charge < -0.3 is 10.5 Å². The molecular weight excluding hydrogens is 280 g/mol. The summed E-state index contributed by atoms with van der Waals surface area (Å²) in [5.74, 6) is 0.865. The molecule has 0 aliphatic rings. The van der Waals surface area contributed by atoms with Gasteiger partial charge in [0.15, 0.2) is 5.17 Å². The lowest BCUT2D eigenvalue weighted by molar-refractivity contribution is 0.208. The van der Waals surface area contributed by atoms with Crippen molar-refractivity contribution in [2.24, 2.45) is 10.7 Å². The van der Waals surface area contributed by atoms with E-state index in [0.29, 0.717) is 18.3 Å². The first-order valence-electron chi connectivity index (χ1n) is 7.28. The Bertz CT molecular complexity index is 481. The highest BCUT2D eigenvalue weighted by molar-refractivity contribution is 8.13. The first-order valence-corrected chi connectivity index (χ1v) is 8.26. The number of nitrogens with zero attached hydrogens (tertiary/aromatic N) is 1. The van der Waals surface area contributed by atoms with Gasteiger partial charge in [0, 0.05) is 12.9 Å². The number of thioether (sulfide) groups is 1. The number of aliphatic imine (C=N–C) groups is 1. The number of hydrogen-bond acceptors (Lipinski definition) is 3. The number of benzene rings is 1. The van der Waals surface area contributed by atoms with Crippen LogP contribution in [0.15, 0.2) is 17.1 Å². The molecule has 4 heteroatoms. The molecule has 1 rings (SSSR count). The Morgan fingerprint density at radius 2 is 1.81 bits per heavy atom. The zero-order valence-corrected chi connectivity index (χ0v) is 14.9. The van der Waals surface area contributed by atoms with Crippen LogP contribution in [0.4, 0.5) is 0 Å². The Morgan fingerprint density at radius 3 is 2.29 bits per heavy atom. The normalized spacial score (nSPS) is 12.8. The van der Waals surface area contributed by atoms with Crippen LogP contribution in [-0.2, 0) is 15.9 Å². The Labute approximate surface area is 133 Å². The van der Waals surface area contributed by atoms with Gasteiger partial charge in [-0.05, 0) is 41.5 Å². The summed E-state index contributed by atoms with van der Waals surface area (Å²) in [5, 5.41) is 0.630. The van der Waals surface area contributed by atoms with Crippen molar-refractivity contribution in [2.75, 3.05) is 20.3 Å². The third-order valence-electron chi connectivity index (χ3n) is 3.49. The second-order valence-electron chi connectivity index (χ2n) is 6.34. The second-order valence-corrected chi connectivity index (χ2v) is 7.34. The summed E-state index contributed by atoms with van der Waals surface area (Å²) < 4.78 is 4.97. The van der Waals surface area contributed by atoms with Crippen molar-refractivity contribution in [3.63, 3.8) is 0 Å². The molecule has 0 atom stereocenters. The van der Waals surface area contributed by atoms with Crippen LogP contribution in [0.2, 0.25) is 0 Å². The third-order valence-corrected chi connectivity index (χ3v) is 4.35. The number of hydrogen-bond donors (Lipinski definition) is 1. The van der Waals surface area contributed by atoms with Crippen molar-refractivity contribution < 1.29 is 4.74 Å². The molecule has 1 aromatic rings. The van der Waals surface area contributed by atoms with Crippen LogP contribution in [-0.4, -0.2) is 25.4 Å². The Hall–Kier alpha value is -1.00. The van der Waals surface area contributed by atoms with E-state index in [1.165, 1.54) is 22.3 Å². The predicted octanol–water partition coefficient (Wildman–Crippen LogP) is 3.80. The van der Waals surface area contributed by atoms with Gasteiger partial charge in [-0.2, -0.15) is 0 Å². The standard InChI is InChI=1S/C17H28N2OS/c1-12-9-14(17(3,4)5)10-13(2)15(12)11-21-16(18)19-7-8-20-6/h9-10H,7-8,11H2,1-6H3,(H2,18,19). The first-order chi connectivity index (χ1) is 9.75. The lowest BCUT2D eigenvalue weighted by atomic mass is 9.84. The molecule has 0 unspecified atom stereocenters. The largest absolute Gasteiger partial charge is 0.383 e. The highest BCUT2D eigenvalue weighted by atomic mass is 32.2. The van der Waals surface area contributed by atoms with Crippen LogP contribution >= 0.6 is 11.8 Å². The molecule has 0 amide bonds. The average Bonchev–Trinajstić information content (AvgIpc) is 2.36. The fourth-order valence-corrected chi connectivity index (χ4v) is 3.02. The topological polar surface area (TPSA) is 47.6 Å². The van der Waals surface area contributed by atoms with Crippen LogP contribution in [0, 0.1) is 13.8 Å². The summed E-state index contributed by atoms with van der Waals surface area (Å²) in [7, 11) is 1.67. The van der Waals surface area contributed by atoms with E-state index in [0.717, 1.165) is 5.75 Å². The van der Waals surface area contributed by atoms with Crippen molar-refractivity contribution >= 4 is 16.9 Å². The molecule has 2 N–H and O–H groups in total. The molecule has 0 radical (unpaired) electrons. The second kappa shape index (κ2) is 7.85. The van der Waals surface area contributed by atoms with Gasteiger partial charge in [0.2, 0.25) is 0 Å². The van der Waals surface area contributed by atoms with Gasteiger partial charge in [-0.15, -0.1) is 0 Å². The molecule has 1 aromatic carbocycles. The minimum absolute atomic E-state index is 0.182. The molecule has 0 aliphatic carbocycles. The van der Waals surface area contributed by atoms with E-state index in [1.807, 2.05) is 0 Å². The molecule has 0 saturated heterocycles. The number of rotatable bonds is 5. The maximum absolute atomic E-state index is 5.92. The van der Waals surface area contributed by atoms with E-state index >= 15 is 0 Å². The van der Waals surface area contributed by atoms with Gasteiger partial charge in [0.25, 0.3) is 0 Å². The summed E-state index contributed by atoms with van der Waals surface area (Å²) in [5.41, 5.74) is 11.5. The fraction of sp³-hybridized carbons (Fsp3) is 0.588. The number of amidine groups is 1. The minimum atomic E-state index is 0.182. The third kappa shape index (κ3) is 5.71. The van der Waals surface area contributed by atoms with E-state index in [9.17, 15) is 0 Å². The lowest BCUT2D eigenvalue weighted by Crippen LogP contribution is -2.13. The zero-order valence-electron chi connectivity index (χ0n) is 14.1. The Kier molecular flexibility index (Phi) is 6.75. The SMILES string of the molecule is COCCN=C(N)SCc1c(C)cc(C(C)(C)C)cc1C. The summed E-state index contributed by atoms with van der Waals surface area (Å²) in [6.07, 6.45) is 0. The van der Waals surface area contributed by atoms with E-state index in [2.05, 4.69) is 51.7 Å². The molecule has 3 nitrogen and oxygen atoms in total. The Morgan fingerprint density at radius 1 is 1.24 bits per heavy atom. The van der Waals surface area contributed by atoms with Gasteiger partial charge >= 0.3 is 0 Å². The molecule has 0 spiro atoms. The molecule has 0 saturated carbocycles. The quantitative estimate of drug-likeness (QED) is 0.511. The van der Waals surface area contributed by atoms with Gasteiger partial charge in [-0.25, -0.2) is 0 Å². The molecule has 0 fully saturated rings. The number of aryl methyl sites for hydroxylation is 2. The first kappa shape index (κ1) is 18.1. The van der Waals surface area contributed by atoms with Crippen molar-refractivity contribution in [1.29, 1.82) is 0 Å². The summed E-state index contributed by atoms with van der Waals surface area (Å²) in [6, 6.07) is 4.59. The molecule has 0 heterocycles. The molecular formula is C17H28N2OS. The van der Waals surface area contributed by atoms with E-state index in [-0.39, 0.29) is 5.41 Å². The average molecular weight is 308 g/mol. The van der Waals surface area contributed by atoms with Crippen LogP contribution in [0.1, 0.15) is 43.0 Å². The van der Waals surface area contributed by atoms with E-state index in [1.54, 1.807) is 18.9 Å². The molecule has 0 bridgehead atoms. The summed E-state index contributed by atoms with van der Waals surface area (Å²) >= 11 is 1.59. The molecule has 118 valence electrons. The highest BCUT2D eigenvalue weighted by Crippen LogP contribution is 2.28. The van der Waals surface area contributed by atoms with Crippen molar-refractivity contribution in [3.8, 4) is 0 Å². The predicted molar refractivity (Wildman–Crippen MR) is 94.3 cm³/mol. The monoisotopic (exact) mass is 308 g/mol. The van der Waals surface area contributed by atoms with Crippen molar-refractivity contribution in [1.82, 2.24) is 0 Å².